The van der Waals surface area contributed by atoms with Crippen molar-refractivity contribution >= 4 is 29.7 Å². The van der Waals surface area contributed by atoms with Gasteiger partial charge < -0.3 is 0 Å². The number of aliphatic imine (C=N–C) groups is 1. The van der Waals surface area contributed by atoms with Gasteiger partial charge in [-0.3, -0.25) is 0 Å². The Morgan fingerprint density at radius 1 is 1.62 bits per heavy atom. The summed E-state index contributed by atoms with van der Waals surface area (Å²) in [5, 5.41) is 6.75. The minimum absolute atomic E-state index is 0.606. The van der Waals surface area contributed by atoms with Crippen molar-refractivity contribution in [1.29, 1.82) is 0 Å². The minimum Gasteiger partial charge on any atom is -0.228 e. The Balaban J connectivity index is 2.54. The lowest BCUT2D eigenvalue weighted by Crippen LogP contribution is -2.07. The summed E-state index contributed by atoms with van der Waals surface area (Å²) in [7, 11) is 0. The van der Waals surface area contributed by atoms with E-state index in [1.807, 2.05) is 0 Å². The van der Waals surface area contributed by atoms with Gasteiger partial charge in [-0.2, -0.15) is 0 Å². The molecular formula is C2H2Cl2N4. The van der Waals surface area contributed by atoms with Crippen LogP contribution in [0, 0.1) is 0 Å². The molecule has 0 bridgehead atoms. The van der Waals surface area contributed by atoms with Gasteiger partial charge in [0.05, 0.1) is 0 Å². The third kappa shape index (κ3) is 1.31. The van der Waals surface area contributed by atoms with Crippen LogP contribution in [0.15, 0.2) is 15.3 Å². The number of hydrogen-bond donors (Lipinski definition) is 0. The highest BCUT2D eigenvalue weighted by molar-refractivity contribution is 6.22. The highest BCUT2D eigenvalue weighted by Gasteiger charge is 2.02. The number of hydrogen-bond acceptors (Lipinski definition) is 4. The fourth-order valence-corrected chi connectivity index (χ4v) is 0.434. The maximum absolute atomic E-state index is 5.34. The standard InChI is InChI=1S/C2H2Cl2N4/c3-2-5-1-8(4)7-6-2/h1-2H. The molecule has 0 aliphatic carbocycles. The van der Waals surface area contributed by atoms with E-state index in [4.69, 9.17) is 23.4 Å². The van der Waals surface area contributed by atoms with Gasteiger partial charge in [-0.25, -0.2) is 4.99 Å². The molecule has 0 aromatic carbocycles. The average molecular weight is 153 g/mol. The lowest BCUT2D eigenvalue weighted by Gasteiger charge is -2.04. The summed E-state index contributed by atoms with van der Waals surface area (Å²) < 4.78 is 0.957. The Labute approximate surface area is 55.9 Å². The summed E-state index contributed by atoms with van der Waals surface area (Å²) in [6.45, 7) is 0. The predicted molar refractivity (Wildman–Crippen MR) is 30.7 cm³/mol. The maximum Gasteiger partial charge on any atom is 0.238 e. The number of alkyl halides is 1. The SMILES string of the molecule is ClC1N=CN(Cl)N=N1. The van der Waals surface area contributed by atoms with Crippen molar-refractivity contribution in [2.24, 2.45) is 15.3 Å². The van der Waals surface area contributed by atoms with E-state index < -0.39 is 5.62 Å². The zero-order chi connectivity index (χ0) is 5.98. The van der Waals surface area contributed by atoms with Crippen molar-refractivity contribution in [3.05, 3.63) is 0 Å². The Morgan fingerprint density at radius 2 is 2.38 bits per heavy atom. The van der Waals surface area contributed by atoms with Crippen LogP contribution in [0.4, 0.5) is 0 Å². The number of nitrogens with zero attached hydrogens (tertiary/aromatic N) is 4. The van der Waals surface area contributed by atoms with Crippen molar-refractivity contribution in [3.63, 3.8) is 0 Å². The van der Waals surface area contributed by atoms with Crippen molar-refractivity contribution in [3.8, 4) is 0 Å². The molecule has 0 N–H and O–H groups in total. The summed E-state index contributed by atoms with van der Waals surface area (Å²) >= 11 is 10.6. The Hall–Kier alpha value is -0.350. The second-order valence-corrected chi connectivity index (χ2v) is 1.81. The second-order valence-electron chi connectivity index (χ2n) is 1.07. The van der Waals surface area contributed by atoms with Gasteiger partial charge in [0.1, 0.15) is 6.34 Å². The maximum atomic E-state index is 5.34. The van der Waals surface area contributed by atoms with Crippen LogP contribution >= 0.6 is 23.4 Å². The molecule has 6 heteroatoms. The van der Waals surface area contributed by atoms with Crippen LogP contribution in [0.1, 0.15) is 0 Å². The molecule has 0 spiro atoms. The van der Waals surface area contributed by atoms with Gasteiger partial charge in [0.2, 0.25) is 5.62 Å². The van der Waals surface area contributed by atoms with E-state index in [0.29, 0.717) is 0 Å². The molecule has 1 unspecified atom stereocenters. The summed E-state index contributed by atoms with van der Waals surface area (Å²) in [6, 6.07) is 0. The Kier molecular flexibility index (Phi) is 1.65. The molecule has 8 heavy (non-hydrogen) atoms. The van der Waals surface area contributed by atoms with E-state index in [1.165, 1.54) is 6.34 Å². The van der Waals surface area contributed by atoms with Gasteiger partial charge in [0.25, 0.3) is 0 Å². The van der Waals surface area contributed by atoms with E-state index in [2.05, 4.69) is 15.3 Å². The first-order chi connectivity index (χ1) is 3.79. The van der Waals surface area contributed by atoms with Crippen LogP contribution in [-0.4, -0.2) is 16.5 Å². The molecule has 1 atom stereocenters. The lowest BCUT2D eigenvalue weighted by molar-refractivity contribution is 0.601. The van der Waals surface area contributed by atoms with Gasteiger partial charge in [0.15, 0.2) is 0 Å². The molecule has 1 aliphatic heterocycles. The molecule has 44 valence electrons. The second kappa shape index (κ2) is 2.28. The predicted octanol–water partition coefficient (Wildman–Crippen LogP) is 1.37. The van der Waals surface area contributed by atoms with Crippen LogP contribution in [0.25, 0.3) is 0 Å². The average Bonchev–Trinajstić information content (AvgIpc) is 1.77. The van der Waals surface area contributed by atoms with Crippen LogP contribution in [-0.2, 0) is 0 Å². The third-order valence-electron chi connectivity index (χ3n) is 0.517. The molecule has 4 nitrogen and oxygen atoms in total. The van der Waals surface area contributed by atoms with Gasteiger partial charge >= 0.3 is 0 Å². The molecule has 0 saturated carbocycles. The largest absolute Gasteiger partial charge is 0.238 e. The molecule has 0 aromatic rings. The third-order valence-corrected chi connectivity index (χ3v) is 0.872. The first-order valence-corrected chi connectivity index (χ1v) is 2.59. The summed E-state index contributed by atoms with van der Waals surface area (Å²) in [6.07, 6.45) is 1.28. The topological polar surface area (TPSA) is 40.3 Å². The molecular weight excluding hydrogens is 151 g/mol. The van der Waals surface area contributed by atoms with E-state index in [0.717, 1.165) is 4.53 Å². The molecule has 0 aromatic heterocycles. The van der Waals surface area contributed by atoms with E-state index in [1.54, 1.807) is 0 Å². The van der Waals surface area contributed by atoms with Gasteiger partial charge in [-0.15, -0.1) is 9.64 Å². The fourth-order valence-electron chi connectivity index (χ4n) is 0.255. The molecule has 1 rings (SSSR count). The van der Waals surface area contributed by atoms with Crippen LogP contribution < -0.4 is 0 Å². The fraction of sp³-hybridized carbons (Fsp3) is 0.500. The van der Waals surface area contributed by atoms with E-state index in [9.17, 15) is 0 Å². The molecule has 0 saturated heterocycles. The van der Waals surface area contributed by atoms with E-state index in [-0.39, 0.29) is 0 Å². The van der Waals surface area contributed by atoms with Crippen LogP contribution in [0.2, 0.25) is 0 Å². The van der Waals surface area contributed by atoms with Crippen molar-refractivity contribution in [1.82, 2.24) is 4.53 Å². The summed E-state index contributed by atoms with van der Waals surface area (Å²) in [4.78, 5) is 3.58. The normalized spacial score (nSPS) is 26.8. The first kappa shape index (κ1) is 5.78. The molecule has 0 fully saturated rings. The van der Waals surface area contributed by atoms with Gasteiger partial charge in [-0.1, -0.05) is 16.8 Å². The lowest BCUT2D eigenvalue weighted by atomic mass is 11.1. The zero-order valence-corrected chi connectivity index (χ0v) is 5.21. The Morgan fingerprint density at radius 3 is 2.75 bits per heavy atom. The summed E-state index contributed by atoms with van der Waals surface area (Å²) in [5.74, 6) is 0. The van der Waals surface area contributed by atoms with Crippen LogP contribution in [0.5, 0.6) is 0 Å². The number of halogens is 2. The van der Waals surface area contributed by atoms with E-state index >= 15 is 0 Å². The smallest absolute Gasteiger partial charge is 0.228 e. The monoisotopic (exact) mass is 152 g/mol. The van der Waals surface area contributed by atoms with Gasteiger partial charge in [0, 0.05) is 11.8 Å². The minimum atomic E-state index is -0.606. The molecule has 0 amide bonds. The summed E-state index contributed by atoms with van der Waals surface area (Å²) in [5.41, 5.74) is -0.606. The van der Waals surface area contributed by atoms with Crippen molar-refractivity contribution in [2.45, 2.75) is 5.62 Å². The van der Waals surface area contributed by atoms with Crippen molar-refractivity contribution < 1.29 is 0 Å². The highest BCUT2D eigenvalue weighted by Crippen LogP contribution is 2.07. The van der Waals surface area contributed by atoms with Crippen LogP contribution in [0.3, 0.4) is 0 Å². The molecule has 1 heterocycles. The quantitative estimate of drug-likeness (QED) is 0.294. The zero-order valence-electron chi connectivity index (χ0n) is 3.70. The van der Waals surface area contributed by atoms with Gasteiger partial charge in [-0.05, 0) is 0 Å². The molecule has 0 radical (unpaired) electrons. The number of rotatable bonds is 0. The first-order valence-electron chi connectivity index (χ1n) is 1.82. The Bertz CT molecular complexity index is 104. The van der Waals surface area contributed by atoms with Crippen molar-refractivity contribution in [2.75, 3.05) is 0 Å². The molecule has 1 aliphatic rings. The highest BCUT2D eigenvalue weighted by atomic mass is 35.5.